The number of carbonyl (C=O) groups excluding carboxylic acids is 1. The molecule has 0 aliphatic carbocycles. The number of benzene rings is 1. The Hall–Kier alpha value is -3.40. The summed E-state index contributed by atoms with van der Waals surface area (Å²) in [6.07, 6.45) is -2.66. The highest BCUT2D eigenvalue weighted by atomic mass is 31.2. The van der Waals surface area contributed by atoms with E-state index in [1.165, 1.54) is 25.4 Å². The van der Waals surface area contributed by atoms with E-state index in [0.29, 0.717) is 0 Å². The van der Waals surface area contributed by atoms with Gasteiger partial charge in [-0.05, 0) is 38.3 Å². The Bertz CT molecular complexity index is 1520. The van der Waals surface area contributed by atoms with Gasteiger partial charge in [0.25, 0.3) is 5.85 Å². The van der Waals surface area contributed by atoms with Crippen molar-refractivity contribution < 1.29 is 47.2 Å². The number of aromatic nitrogens is 4. The number of nitrogens with zero attached hydrogens (tertiary/aromatic N) is 4. The van der Waals surface area contributed by atoms with Crippen molar-refractivity contribution in [3.63, 3.8) is 0 Å². The normalized spacial score (nSPS) is 25.8. The quantitative estimate of drug-likeness (QED) is 0.166. The fraction of sp³-hybridized carbons (Fsp3) is 0.556. The van der Waals surface area contributed by atoms with E-state index in [-0.39, 0.29) is 47.4 Å². The predicted molar refractivity (Wildman–Crippen MR) is 155 cm³/mol. The molecule has 1 fully saturated rings. The van der Waals surface area contributed by atoms with Crippen LogP contribution in [0.3, 0.4) is 0 Å². The van der Waals surface area contributed by atoms with Crippen LogP contribution in [-0.2, 0) is 23.4 Å². The lowest BCUT2D eigenvalue weighted by molar-refractivity contribution is -0.202. The van der Waals surface area contributed by atoms with Crippen molar-refractivity contribution in [2.45, 2.75) is 71.4 Å². The van der Waals surface area contributed by atoms with E-state index in [4.69, 9.17) is 29.0 Å². The molecule has 0 spiro atoms. The highest BCUT2D eigenvalue weighted by molar-refractivity contribution is 7.52. The Morgan fingerprint density at radius 3 is 2.61 bits per heavy atom. The number of rotatable bonds is 12. The van der Waals surface area contributed by atoms with Crippen LogP contribution in [0.1, 0.15) is 47.8 Å². The van der Waals surface area contributed by atoms with Gasteiger partial charge in [-0.25, -0.2) is 13.9 Å². The third kappa shape index (κ3) is 7.28. The molecule has 15 nitrogen and oxygen atoms in total. The van der Waals surface area contributed by atoms with E-state index in [0.717, 1.165) is 11.5 Å². The minimum atomic E-state index is -4.56. The minimum absolute atomic E-state index is 0.0333. The van der Waals surface area contributed by atoms with Crippen LogP contribution < -0.4 is 20.1 Å². The van der Waals surface area contributed by atoms with Crippen molar-refractivity contribution in [1.29, 1.82) is 0 Å². The molecule has 0 bridgehead atoms. The number of fused-ring (bicyclic) bond motifs is 1. The molecule has 1 unspecified atom stereocenters. The minimum Gasteiger partial charge on any atom is -0.476 e. The van der Waals surface area contributed by atoms with Crippen molar-refractivity contribution in [3.05, 3.63) is 36.7 Å². The van der Waals surface area contributed by atoms with Crippen molar-refractivity contribution >= 4 is 30.8 Å². The number of nitrogens with one attached hydrogen (secondary N) is 1. The van der Waals surface area contributed by atoms with Crippen LogP contribution in [0, 0.1) is 5.41 Å². The number of alkyl halides is 1. The number of carbonyl (C=O) groups is 1. The number of hydrogen-bond donors (Lipinski definition) is 4. The standard InChI is InChI=1S/C27H38FN6O9P/c1-7-39-20-18-19(31-24(29)32-20)34(15-30-18)23-26(6,37)22(36)27(28,42-23)14-41-44(38,43-17-11-9-8-10-12-17)33-16(2)21(35)40-13-25(3,4)5/h8-12,15-16,22-23,36-37H,7,13-14H2,1-6H3,(H,33,38)(H2,29,31,32)/t16-,22-,23+,26+,27+,44?/m0/s1. The van der Waals surface area contributed by atoms with Crippen LogP contribution in [0.25, 0.3) is 11.2 Å². The van der Waals surface area contributed by atoms with Gasteiger partial charge in [0.05, 0.1) is 19.5 Å². The van der Waals surface area contributed by atoms with Crippen molar-refractivity contribution in [3.8, 4) is 11.6 Å². The maximum absolute atomic E-state index is 16.4. The van der Waals surface area contributed by atoms with Crippen LogP contribution in [-0.4, -0.2) is 79.1 Å². The maximum atomic E-state index is 16.4. The molecule has 44 heavy (non-hydrogen) atoms. The molecule has 242 valence electrons. The third-order valence-electron chi connectivity index (χ3n) is 6.46. The lowest BCUT2D eigenvalue weighted by Gasteiger charge is -2.29. The molecule has 1 aliphatic rings. The molecule has 5 N–H and O–H groups in total. The average molecular weight is 641 g/mol. The summed E-state index contributed by atoms with van der Waals surface area (Å²) < 4.78 is 58.7. The molecule has 2 aromatic heterocycles. The second-order valence-electron chi connectivity index (χ2n) is 11.7. The lowest BCUT2D eigenvalue weighted by atomic mass is 9.95. The summed E-state index contributed by atoms with van der Waals surface area (Å²) in [4.78, 5) is 24.9. The van der Waals surface area contributed by atoms with Gasteiger partial charge in [-0.2, -0.15) is 15.1 Å². The van der Waals surface area contributed by atoms with Gasteiger partial charge in [-0.3, -0.25) is 13.9 Å². The molecular formula is C27H38FN6O9P. The van der Waals surface area contributed by atoms with Crippen LogP contribution >= 0.6 is 7.75 Å². The van der Waals surface area contributed by atoms with Gasteiger partial charge < -0.3 is 34.7 Å². The van der Waals surface area contributed by atoms with E-state index < -0.39 is 50.2 Å². The molecule has 1 aromatic carbocycles. The van der Waals surface area contributed by atoms with Crippen LogP contribution in [0.2, 0.25) is 0 Å². The summed E-state index contributed by atoms with van der Waals surface area (Å²) >= 11 is 0. The average Bonchev–Trinajstić information content (AvgIpc) is 3.43. The van der Waals surface area contributed by atoms with Gasteiger partial charge >= 0.3 is 13.7 Å². The molecule has 1 aliphatic heterocycles. The summed E-state index contributed by atoms with van der Waals surface area (Å²) in [6.45, 7) is 8.96. The van der Waals surface area contributed by atoms with Gasteiger partial charge in [-0.15, -0.1) is 0 Å². The second kappa shape index (κ2) is 12.5. The first-order chi connectivity index (χ1) is 20.5. The number of nitrogen functional groups attached to an aromatic ring is 1. The smallest absolute Gasteiger partial charge is 0.459 e. The van der Waals surface area contributed by atoms with Gasteiger partial charge in [0.1, 0.15) is 30.1 Å². The first kappa shape index (κ1) is 33.5. The van der Waals surface area contributed by atoms with Crippen LogP contribution in [0.15, 0.2) is 36.7 Å². The Morgan fingerprint density at radius 1 is 1.30 bits per heavy atom. The van der Waals surface area contributed by atoms with Gasteiger partial charge in [0.2, 0.25) is 11.8 Å². The third-order valence-corrected chi connectivity index (χ3v) is 8.09. The van der Waals surface area contributed by atoms with Crippen LogP contribution in [0.5, 0.6) is 11.6 Å². The summed E-state index contributed by atoms with van der Waals surface area (Å²) in [7, 11) is -4.56. The van der Waals surface area contributed by atoms with E-state index in [1.807, 2.05) is 20.8 Å². The summed E-state index contributed by atoms with van der Waals surface area (Å²) in [5, 5.41) is 24.6. The van der Waals surface area contributed by atoms with E-state index in [1.54, 1.807) is 25.1 Å². The Labute approximate surface area is 253 Å². The molecule has 0 radical (unpaired) electrons. The molecule has 4 rings (SSSR count). The number of para-hydroxylation sites is 1. The fourth-order valence-electron chi connectivity index (χ4n) is 4.29. The number of ether oxygens (including phenoxy) is 3. The topological polar surface area (TPSA) is 202 Å². The molecule has 0 saturated carbocycles. The number of anilines is 1. The molecule has 17 heteroatoms. The first-order valence-corrected chi connectivity index (χ1v) is 15.4. The number of aliphatic hydroxyl groups excluding tert-OH is 1. The zero-order valence-corrected chi connectivity index (χ0v) is 26.2. The Morgan fingerprint density at radius 2 is 1.98 bits per heavy atom. The highest BCUT2D eigenvalue weighted by Gasteiger charge is 2.64. The molecule has 3 heterocycles. The summed E-state index contributed by atoms with van der Waals surface area (Å²) in [5.41, 5.74) is 3.38. The van der Waals surface area contributed by atoms with E-state index in [2.05, 4.69) is 20.0 Å². The van der Waals surface area contributed by atoms with Crippen molar-refractivity contribution in [2.24, 2.45) is 5.41 Å². The van der Waals surface area contributed by atoms with Crippen molar-refractivity contribution in [1.82, 2.24) is 24.6 Å². The lowest BCUT2D eigenvalue weighted by Crippen LogP contribution is -2.49. The zero-order valence-electron chi connectivity index (χ0n) is 25.3. The van der Waals surface area contributed by atoms with Gasteiger partial charge in [-0.1, -0.05) is 39.0 Å². The van der Waals surface area contributed by atoms with E-state index >= 15 is 4.39 Å². The maximum Gasteiger partial charge on any atom is 0.459 e. The Balaban J connectivity index is 1.59. The second-order valence-corrected chi connectivity index (χ2v) is 13.4. The summed E-state index contributed by atoms with van der Waals surface area (Å²) in [5.74, 6) is -3.94. The van der Waals surface area contributed by atoms with Crippen LogP contribution in [0.4, 0.5) is 10.3 Å². The molecule has 6 atom stereocenters. The monoisotopic (exact) mass is 640 g/mol. The Kier molecular flexibility index (Phi) is 9.54. The van der Waals surface area contributed by atoms with Gasteiger partial charge in [0.15, 0.2) is 17.4 Å². The zero-order chi connectivity index (χ0) is 32.5. The number of halogens is 1. The summed E-state index contributed by atoms with van der Waals surface area (Å²) in [6, 6.07) is 6.63. The number of esters is 1. The molecule has 3 aromatic rings. The SMILES string of the molecule is CCOc1nc(N)nc2c1ncn2[C@@H]1O[C@](F)(COP(=O)(N[C@@H](C)C(=O)OCC(C)(C)C)Oc2ccccc2)[C@@H](O)[C@@]1(C)O. The first-order valence-electron chi connectivity index (χ1n) is 13.8. The fourth-order valence-corrected chi connectivity index (χ4v) is 5.80. The predicted octanol–water partition coefficient (Wildman–Crippen LogP) is 2.88. The molecule has 0 amide bonds. The largest absolute Gasteiger partial charge is 0.476 e. The molecular weight excluding hydrogens is 602 g/mol. The number of hydrogen-bond acceptors (Lipinski definition) is 13. The van der Waals surface area contributed by atoms with Crippen molar-refractivity contribution in [2.75, 3.05) is 25.6 Å². The van der Waals surface area contributed by atoms with Gasteiger partial charge in [0, 0.05) is 0 Å². The number of aliphatic hydroxyl groups is 2. The highest BCUT2D eigenvalue weighted by Crippen LogP contribution is 2.51. The molecule has 1 saturated heterocycles. The number of imidazole rings is 1. The van der Waals surface area contributed by atoms with E-state index in [9.17, 15) is 19.6 Å². The number of nitrogens with two attached hydrogens (primary N) is 1.